The fourth-order valence-electron chi connectivity index (χ4n) is 1.82. The molecule has 0 saturated carbocycles. The number of carbonyl (C=O) groups excluding carboxylic acids is 1. The fourth-order valence-corrected chi connectivity index (χ4v) is 3.57. The molecule has 6 nitrogen and oxygen atoms in total. The maximum Gasteiger partial charge on any atom is 0.319 e. The highest BCUT2D eigenvalue weighted by atomic mass is 32.2. The zero-order valence-electron chi connectivity index (χ0n) is 9.54. The number of carbonyl (C=O) groups is 1. The van der Waals surface area contributed by atoms with Gasteiger partial charge in [0.1, 0.15) is 0 Å². The van der Waals surface area contributed by atoms with Gasteiger partial charge in [0, 0.05) is 5.69 Å². The highest BCUT2D eigenvalue weighted by Gasteiger charge is 2.37. The smallest absolute Gasteiger partial charge is 0.319 e. The fraction of sp³-hybridized carbons (Fsp3) is 0.364. The molecule has 0 aromatic heterocycles. The summed E-state index contributed by atoms with van der Waals surface area (Å²) in [4.78, 5) is 11.6. The number of urea groups is 1. The van der Waals surface area contributed by atoms with Crippen LogP contribution in [0.15, 0.2) is 30.3 Å². The number of amides is 2. The number of rotatable bonds is 2. The standard InChI is InChI=1S/C11H14N2O4S/c14-10-7-18(16,17)6-9(10)13-11(15)12-8-4-2-1-3-5-8/h1-5,9-10,14H,6-7H2,(H2,12,13,15)/t9-,10+/m1/s1. The van der Waals surface area contributed by atoms with E-state index in [2.05, 4.69) is 10.6 Å². The molecule has 18 heavy (non-hydrogen) atoms. The van der Waals surface area contributed by atoms with E-state index in [1.54, 1.807) is 24.3 Å². The normalized spacial score (nSPS) is 25.6. The Morgan fingerprint density at radius 2 is 1.89 bits per heavy atom. The van der Waals surface area contributed by atoms with Crippen molar-refractivity contribution in [3.05, 3.63) is 30.3 Å². The largest absolute Gasteiger partial charge is 0.390 e. The van der Waals surface area contributed by atoms with Crippen molar-refractivity contribution in [3.63, 3.8) is 0 Å². The van der Waals surface area contributed by atoms with Crippen LogP contribution in [-0.2, 0) is 9.84 Å². The van der Waals surface area contributed by atoms with Gasteiger partial charge in [-0.15, -0.1) is 0 Å². The van der Waals surface area contributed by atoms with Gasteiger partial charge < -0.3 is 15.7 Å². The summed E-state index contributed by atoms with van der Waals surface area (Å²) in [5, 5.41) is 14.5. The Kier molecular flexibility index (Phi) is 3.53. The third kappa shape index (κ3) is 3.21. The summed E-state index contributed by atoms with van der Waals surface area (Å²) in [6.07, 6.45) is -1.04. The highest BCUT2D eigenvalue weighted by Crippen LogP contribution is 2.13. The molecule has 3 N–H and O–H groups in total. The van der Waals surface area contributed by atoms with Crippen LogP contribution in [0.3, 0.4) is 0 Å². The molecule has 1 aliphatic heterocycles. The maximum absolute atomic E-state index is 11.6. The predicted octanol–water partition coefficient (Wildman–Crippen LogP) is -0.0340. The molecule has 2 amide bonds. The van der Waals surface area contributed by atoms with Crippen LogP contribution >= 0.6 is 0 Å². The second-order valence-electron chi connectivity index (χ2n) is 4.22. The number of benzene rings is 1. The van der Waals surface area contributed by atoms with Crippen molar-refractivity contribution in [1.29, 1.82) is 0 Å². The molecule has 0 bridgehead atoms. The number of aliphatic hydroxyl groups is 1. The maximum atomic E-state index is 11.6. The molecular weight excluding hydrogens is 256 g/mol. The molecule has 2 rings (SSSR count). The lowest BCUT2D eigenvalue weighted by atomic mass is 10.2. The molecule has 1 aromatic carbocycles. The van der Waals surface area contributed by atoms with E-state index in [1.165, 1.54) is 0 Å². The Morgan fingerprint density at radius 1 is 1.22 bits per heavy atom. The first-order chi connectivity index (χ1) is 8.46. The van der Waals surface area contributed by atoms with Gasteiger partial charge in [-0.05, 0) is 12.1 Å². The summed E-state index contributed by atoms with van der Waals surface area (Å²) < 4.78 is 22.5. The molecule has 2 atom stereocenters. The molecule has 1 aliphatic rings. The minimum atomic E-state index is -3.26. The van der Waals surface area contributed by atoms with Crippen LogP contribution in [0.2, 0.25) is 0 Å². The van der Waals surface area contributed by atoms with E-state index in [1.807, 2.05) is 6.07 Å². The Morgan fingerprint density at radius 3 is 2.44 bits per heavy atom. The monoisotopic (exact) mass is 270 g/mol. The molecule has 1 saturated heterocycles. The number of hydrogen-bond acceptors (Lipinski definition) is 4. The van der Waals surface area contributed by atoms with Gasteiger partial charge in [0.25, 0.3) is 0 Å². The van der Waals surface area contributed by atoms with Crippen LogP contribution in [0.1, 0.15) is 0 Å². The Balaban J connectivity index is 1.93. The van der Waals surface area contributed by atoms with Crippen LogP contribution in [0, 0.1) is 0 Å². The zero-order valence-corrected chi connectivity index (χ0v) is 10.4. The van der Waals surface area contributed by atoms with Crippen LogP contribution in [0.4, 0.5) is 10.5 Å². The predicted molar refractivity (Wildman–Crippen MR) is 67.0 cm³/mol. The SMILES string of the molecule is O=C(Nc1ccccc1)N[C@@H]1CS(=O)(=O)C[C@@H]1O. The van der Waals surface area contributed by atoms with E-state index >= 15 is 0 Å². The van der Waals surface area contributed by atoms with Gasteiger partial charge in [0.05, 0.1) is 23.7 Å². The van der Waals surface area contributed by atoms with E-state index in [9.17, 15) is 18.3 Å². The average molecular weight is 270 g/mol. The zero-order chi connectivity index (χ0) is 13.2. The molecule has 1 aromatic rings. The van der Waals surface area contributed by atoms with E-state index in [-0.39, 0.29) is 11.5 Å². The Bertz CT molecular complexity index is 529. The second-order valence-corrected chi connectivity index (χ2v) is 6.37. The molecular formula is C11H14N2O4S. The number of hydrogen-bond donors (Lipinski definition) is 3. The summed E-state index contributed by atoms with van der Waals surface area (Å²) in [7, 11) is -3.26. The number of nitrogens with one attached hydrogen (secondary N) is 2. The van der Waals surface area contributed by atoms with Crippen molar-refractivity contribution in [2.75, 3.05) is 16.8 Å². The quantitative estimate of drug-likeness (QED) is 0.703. The van der Waals surface area contributed by atoms with E-state index in [4.69, 9.17) is 0 Å². The number of anilines is 1. The Hall–Kier alpha value is -1.60. The lowest BCUT2D eigenvalue weighted by Gasteiger charge is -2.15. The van der Waals surface area contributed by atoms with Gasteiger partial charge in [-0.2, -0.15) is 0 Å². The molecule has 0 aliphatic carbocycles. The molecule has 0 radical (unpaired) electrons. The van der Waals surface area contributed by atoms with Crippen molar-refractivity contribution in [3.8, 4) is 0 Å². The van der Waals surface area contributed by atoms with Crippen molar-refractivity contribution < 1.29 is 18.3 Å². The van der Waals surface area contributed by atoms with Gasteiger partial charge >= 0.3 is 6.03 Å². The van der Waals surface area contributed by atoms with Crippen LogP contribution in [0.5, 0.6) is 0 Å². The summed E-state index contributed by atoms with van der Waals surface area (Å²) in [6, 6.07) is 7.50. The first-order valence-corrected chi connectivity index (χ1v) is 7.29. The number of aliphatic hydroxyl groups excluding tert-OH is 1. The van der Waals surface area contributed by atoms with Crippen molar-refractivity contribution in [2.24, 2.45) is 0 Å². The van der Waals surface area contributed by atoms with Gasteiger partial charge in [-0.3, -0.25) is 0 Å². The summed E-state index contributed by atoms with van der Waals surface area (Å²) in [5.74, 6) is -0.528. The lowest BCUT2D eigenvalue weighted by molar-refractivity contribution is 0.167. The summed E-state index contributed by atoms with van der Waals surface area (Å²) in [5.41, 5.74) is 0.602. The Labute approximate surface area is 105 Å². The highest BCUT2D eigenvalue weighted by molar-refractivity contribution is 7.91. The van der Waals surface area contributed by atoms with Crippen molar-refractivity contribution in [2.45, 2.75) is 12.1 Å². The summed E-state index contributed by atoms with van der Waals surface area (Å²) in [6.45, 7) is 0. The van der Waals surface area contributed by atoms with E-state index in [0.717, 1.165) is 0 Å². The topological polar surface area (TPSA) is 95.5 Å². The molecule has 1 heterocycles. The minimum Gasteiger partial charge on any atom is -0.390 e. The number of para-hydroxylation sites is 1. The first kappa shape index (κ1) is 12.8. The molecule has 0 spiro atoms. The summed E-state index contributed by atoms with van der Waals surface area (Å²) >= 11 is 0. The first-order valence-electron chi connectivity index (χ1n) is 5.47. The van der Waals surface area contributed by atoms with Crippen molar-refractivity contribution in [1.82, 2.24) is 5.32 Å². The van der Waals surface area contributed by atoms with Gasteiger partial charge in [-0.25, -0.2) is 13.2 Å². The molecule has 7 heteroatoms. The van der Waals surface area contributed by atoms with Gasteiger partial charge in [0.15, 0.2) is 9.84 Å². The molecule has 98 valence electrons. The van der Waals surface area contributed by atoms with Crippen LogP contribution in [0.25, 0.3) is 0 Å². The molecule has 1 fully saturated rings. The number of sulfone groups is 1. The van der Waals surface area contributed by atoms with Crippen LogP contribution < -0.4 is 10.6 Å². The van der Waals surface area contributed by atoms with Crippen molar-refractivity contribution >= 4 is 21.6 Å². The average Bonchev–Trinajstić information content (AvgIpc) is 2.53. The second kappa shape index (κ2) is 4.95. The van der Waals surface area contributed by atoms with E-state index < -0.39 is 28.0 Å². The van der Waals surface area contributed by atoms with E-state index in [0.29, 0.717) is 5.69 Å². The third-order valence-corrected chi connectivity index (χ3v) is 4.39. The van der Waals surface area contributed by atoms with Gasteiger partial charge in [-0.1, -0.05) is 18.2 Å². The lowest BCUT2D eigenvalue weighted by Crippen LogP contribution is -2.44. The van der Waals surface area contributed by atoms with Crippen LogP contribution in [-0.4, -0.2) is 43.2 Å². The van der Waals surface area contributed by atoms with Gasteiger partial charge in [0.2, 0.25) is 0 Å². The minimum absolute atomic E-state index is 0.226. The third-order valence-electron chi connectivity index (χ3n) is 2.67. The molecule has 0 unspecified atom stereocenters.